The van der Waals surface area contributed by atoms with Gasteiger partial charge in [-0.2, -0.15) is 14.0 Å². The van der Waals surface area contributed by atoms with Crippen LogP contribution in [0.2, 0.25) is 5.02 Å². The molecular formula is C11H7ClF2N4O. The Morgan fingerprint density at radius 3 is 2.89 bits per heavy atom. The van der Waals surface area contributed by atoms with Crippen molar-refractivity contribution in [2.75, 3.05) is 0 Å². The van der Waals surface area contributed by atoms with Gasteiger partial charge < -0.3 is 4.74 Å². The van der Waals surface area contributed by atoms with Gasteiger partial charge in [0.2, 0.25) is 0 Å². The number of halogens is 3. The van der Waals surface area contributed by atoms with Gasteiger partial charge in [-0.15, -0.1) is 5.10 Å². The van der Waals surface area contributed by atoms with Crippen molar-refractivity contribution in [1.82, 2.24) is 14.8 Å². The van der Waals surface area contributed by atoms with Crippen LogP contribution in [0.15, 0.2) is 24.5 Å². The third kappa shape index (κ3) is 3.39. The standard InChI is InChI=1S/C11H7ClF2N4O/c12-8-1-2-9(19-11(13)14)7(3-8)5-18-6-16-10(4-15)17-18/h1-3,6,11H,5H2. The average molecular weight is 285 g/mol. The van der Waals surface area contributed by atoms with Crippen LogP contribution in [0, 0.1) is 11.3 Å². The summed E-state index contributed by atoms with van der Waals surface area (Å²) in [5.74, 6) is 0.00626. The molecule has 98 valence electrons. The summed E-state index contributed by atoms with van der Waals surface area (Å²) < 4.78 is 30.3. The molecule has 0 aliphatic carbocycles. The molecule has 2 rings (SSSR count). The molecule has 0 atom stereocenters. The quantitative estimate of drug-likeness (QED) is 0.865. The van der Waals surface area contributed by atoms with Crippen LogP contribution in [-0.4, -0.2) is 21.4 Å². The molecule has 1 aromatic carbocycles. The molecule has 19 heavy (non-hydrogen) atoms. The van der Waals surface area contributed by atoms with Crippen LogP contribution < -0.4 is 4.74 Å². The SMILES string of the molecule is N#Cc1ncn(Cc2cc(Cl)ccc2OC(F)F)n1. The van der Waals surface area contributed by atoms with Crippen molar-refractivity contribution in [2.24, 2.45) is 0 Å². The first-order valence-electron chi connectivity index (χ1n) is 5.11. The van der Waals surface area contributed by atoms with Crippen molar-refractivity contribution in [2.45, 2.75) is 13.2 Å². The zero-order chi connectivity index (χ0) is 13.8. The van der Waals surface area contributed by atoms with Gasteiger partial charge in [0.25, 0.3) is 5.82 Å². The predicted octanol–water partition coefficient (Wildman–Crippen LogP) is 2.45. The summed E-state index contributed by atoms with van der Waals surface area (Å²) in [5.41, 5.74) is 0.419. The molecule has 8 heteroatoms. The summed E-state index contributed by atoms with van der Waals surface area (Å²) in [6.07, 6.45) is 1.33. The molecule has 5 nitrogen and oxygen atoms in total. The van der Waals surface area contributed by atoms with Crippen molar-refractivity contribution < 1.29 is 13.5 Å². The third-order valence-electron chi connectivity index (χ3n) is 2.21. The fourth-order valence-electron chi connectivity index (χ4n) is 1.48. The molecule has 0 unspecified atom stereocenters. The summed E-state index contributed by atoms with van der Waals surface area (Å²) in [4.78, 5) is 3.71. The highest BCUT2D eigenvalue weighted by atomic mass is 35.5. The second kappa shape index (κ2) is 5.63. The molecule has 0 bridgehead atoms. The monoisotopic (exact) mass is 284 g/mol. The van der Waals surface area contributed by atoms with Gasteiger partial charge in [0, 0.05) is 10.6 Å². The lowest BCUT2D eigenvalue weighted by Gasteiger charge is -2.10. The molecule has 0 aliphatic heterocycles. The number of hydrogen-bond acceptors (Lipinski definition) is 4. The maximum atomic E-state index is 12.3. The highest BCUT2D eigenvalue weighted by molar-refractivity contribution is 6.30. The smallest absolute Gasteiger partial charge is 0.387 e. The van der Waals surface area contributed by atoms with E-state index in [9.17, 15) is 8.78 Å². The van der Waals surface area contributed by atoms with Crippen LogP contribution in [0.25, 0.3) is 0 Å². The Kier molecular flexibility index (Phi) is 3.92. The molecule has 0 amide bonds. The molecule has 0 aliphatic rings. The maximum Gasteiger partial charge on any atom is 0.387 e. The lowest BCUT2D eigenvalue weighted by molar-refractivity contribution is -0.0505. The lowest BCUT2D eigenvalue weighted by atomic mass is 10.2. The largest absolute Gasteiger partial charge is 0.434 e. The number of rotatable bonds is 4. The molecule has 0 saturated heterocycles. The highest BCUT2D eigenvalue weighted by Crippen LogP contribution is 2.25. The van der Waals surface area contributed by atoms with Crippen LogP contribution in [-0.2, 0) is 6.54 Å². The minimum atomic E-state index is -2.93. The van der Waals surface area contributed by atoms with Gasteiger partial charge in [0.05, 0.1) is 6.54 Å². The number of hydrogen-bond donors (Lipinski definition) is 0. The fourth-order valence-corrected chi connectivity index (χ4v) is 1.67. The first-order chi connectivity index (χ1) is 9.08. The van der Waals surface area contributed by atoms with E-state index in [2.05, 4.69) is 14.8 Å². The summed E-state index contributed by atoms with van der Waals surface area (Å²) in [5, 5.41) is 12.8. The summed E-state index contributed by atoms with van der Waals surface area (Å²) in [6, 6.07) is 6.07. The molecular weight excluding hydrogens is 278 g/mol. The molecule has 0 saturated carbocycles. The number of benzene rings is 1. The Morgan fingerprint density at radius 1 is 1.47 bits per heavy atom. The zero-order valence-corrected chi connectivity index (χ0v) is 10.2. The first kappa shape index (κ1) is 13.2. The van der Waals surface area contributed by atoms with Crippen LogP contribution in [0.4, 0.5) is 8.78 Å². The Morgan fingerprint density at radius 2 is 2.26 bits per heavy atom. The van der Waals surface area contributed by atoms with Crippen molar-refractivity contribution >= 4 is 11.6 Å². The van der Waals surface area contributed by atoms with E-state index in [1.807, 2.05) is 0 Å². The van der Waals surface area contributed by atoms with Crippen LogP contribution in [0.1, 0.15) is 11.4 Å². The van der Waals surface area contributed by atoms with E-state index in [1.165, 1.54) is 29.2 Å². The topological polar surface area (TPSA) is 63.7 Å². The minimum Gasteiger partial charge on any atom is -0.434 e. The normalized spacial score (nSPS) is 10.5. The zero-order valence-electron chi connectivity index (χ0n) is 9.42. The molecule has 1 aromatic heterocycles. The van der Waals surface area contributed by atoms with Crippen LogP contribution >= 0.6 is 11.6 Å². The van der Waals surface area contributed by atoms with E-state index < -0.39 is 6.61 Å². The van der Waals surface area contributed by atoms with E-state index in [-0.39, 0.29) is 18.1 Å². The van der Waals surface area contributed by atoms with Crippen LogP contribution in [0.5, 0.6) is 5.75 Å². The number of nitriles is 1. The molecule has 0 N–H and O–H groups in total. The number of alkyl halides is 2. The van der Waals surface area contributed by atoms with E-state index >= 15 is 0 Å². The minimum absolute atomic E-state index is 0.00152. The predicted molar refractivity (Wildman–Crippen MR) is 61.9 cm³/mol. The highest BCUT2D eigenvalue weighted by Gasteiger charge is 2.11. The maximum absolute atomic E-state index is 12.3. The lowest BCUT2D eigenvalue weighted by Crippen LogP contribution is -2.07. The van der Waals surface area contributed by atoms with Gasteiger partial charge in [-0.1, -0.05) is 11.6 Å². The second-order valence-corrected chi connectivity index (χ2v) is 3.94. The van der Waals surface area contributed by atoms with Crippen LogP contribution in [0.3, 0.4) is 0 Å². The Labute approximate surface area is 112 Å². The average Bonchev–Trinajstić information content (AvgIpc) is 2.80. The van der Waals surface area contributed by atoms with E-state index in [0.29, 0.717) is 10.6 Å². The molecule has 0 spiro atoms. The number of ether oxygens (including phenoxy) is 1. The summed E-state index contributed by atoms with van der Waals surface area (Å²) in [6.45, 7) is -2.80. The van der Waals surface area contributed by atoms with E-state index in [4.69, 9.17) is 16.9 Å². The molecule has 0 radical (unpaired) electrons. The molecule has 0 fully saturated rings. The van der Waals surface area contributed by atoms with Gasteiger partial charge in [0.1, 0.15) is 18.1 Å². The van der Waals surface area contributed by atoms with E-state index in [0.717, 1.165) is 0 Å². The third-order valence-corrected chi connectivity index (χ3v) is 2.44. The summed E-state index contributed by atoms with van der Waals surface area (Å²) >= 11 is 5.81. The van der Waals surface area contributed by atoms with E-state index in [1.54, 1.807) is 6.07 Å². The van der Waals surface area contributed by atoms with Crippen molar-refractivity contribution in [3.63, 3.8) is 0 Å². The van der Waals surface area contributed by atoms with Gasteiger partial charge in [0.15, 0.2) is 0 Å². The van der Waals surface area contributed by atoms with Gasteiger partial charge in [-0.25, -0.2) is 9.67 Å². The number of aromatic nitrogens is 3. The Bertz CT molecular complexity index is 623. The van der Waals surface area contributed by atoms with Crippen molar-refractivity contribution in [3.8, 4) is 11.8 Å². The number of nitrogens with zero attached hydrogens (tertiary/aromatic N) is 4. The van der Waals surface area contributed by atoms with Gasteiger partial charge in [-0.05, 0) is 18.2 Å². The summed E-state index contributed by atoms with van der Waals surface area (Å²) in [7, 11) is 0. The second-order valence-electron chi connectivity index (χ2n) is 3.51. The first-order valence-corrected chi connectivity index (χ1v) is 5.49. The fraction of sp³-hybridized carbons (Fsp3) is 0.182. The van der Waals surface area contributed by atoms with Crippen molar-refractivity contribution in [1.29, 1.82) is 5.26 Å². The Balaban J connectivity index is 2.27. The Hall–Kier alpha value is -2.20. The van der Waals surface area contributed by atoms with Gasteiger partial charge >= 0.3 is 6.61 Å². The van der Waals surface area contributed by atoms with Crippen molar-refractivity contribution in [3.05, 3.63) is 40.9 Å². The molecule has 1 heterocycles. The van der Waals surface area contributed by atoms with Gasteiger partial charge in [-0.3, -0.25) is 0 Å². The molecule has 2 aromatic rings.